The number of ether oxygens (including phenoxy) is 1. The van der Waals surface area contributed by atoms with Crippen molar-refractivity contribution >= 4 is 22.6 Å². The maximum atomic E-state index is 5.42. The van der Waals surface area contributed by atoms with E-state index >= 15 is 0 Å². The minimum Gasteiger partial charge on any atom is -0.381 e. The van der Waals surface area contributed by atoms with E-state index in [2.05, 4.69) is 41.1 Å². The predicted octanol–water partition coefficient (Wildman–Crippen LogP) is 2.96. The van der Waals surface area contributed by atoms with Crippen molar-refractivity contribution in [2.45, 2.75) is 45.6 Å². The van der Waals surface area contributed by atoms with Crippen LogP contribution in [0.3, 0.4) is 0 Å². The second kappa shape index (κ2) is 5.49. The molecule has 0 saturated carbocycles. The average Bonchev–Trinajstić information content (AvgIpc) is 2.66. The zero-order valence-corrected chi connectivity index (χ0v) is 12.2. The Kier molecular flexibility index (Phi) is 4.24. The molecule has 2 heterocycles. The highest BCUT2D eigenvalue weighted by atomic mass is 127. The molecule has 1 aromatic rings. The smallest absolute Gasteiger partial charge is 0.0758 e. The number of hydrogen-bond donors (Lipinski definition) is 0. The molecule has 4 heteroatoms. The van der Waals surface area contributed by atoms with Crippen molar-refractivity contribution in [3.05, 3.63) is 15.0 Å². The highest BCUT2D eigenvalue weighted by molar-refractivity contribution is 14.1. The van der Waals surface area contributed by atoms with E-state index in [1.165, 1.54) is 15.0 Å². The SMILES string of the molecule is CCc1nn(C2CCOCC2)c(CC)c1I. The molecule has 0 aromatic carbocycles. The molecule has 0 unspecified atom stereocenters. The fraction of sp³-hybridized carbons (Fsp3) is 0.750. The van der Waals surface area contributed by atoms with Crippen molar-refractivity contribution in [3.63, 3.8) is 0 Å². The van der Waals surface area contributed by atoms with Crippen molar-refractivity contribution < 1.29 is 4.74 Å². The molecule has 1 aliphatic rings. The number of rotatable bonds is 3. The standard InChI is InChI=1S/C12H19IN2O/c1-3-10-12(13)11(4-2)15(14-10)9-5-7-16-8-6-9/h9H,3-8H2,1-2H3. The van der Waals surface area contributed by atoms with Crippen LogP contribution in [-0.2, 0) is 17.6 Å². The molecule has 0 amide bonds. The van der Waals surface area contributed by atoms with Gasteiger partial charge in [-0.15, -0.1) is 0 Å². The first-order valence-corrected chi connectivity index (χ1v) is 7.19. The topological polar surface area (TPSA) is 27.1 Å². The van der Waals surface area contributed by atoms with Crippen LogP contribution in [0.25, 0.3) is 0 Å². The molecule has 16 heavy (non-hydrogen) atoms. The summed E-state index contributed by atoms with van der Waals surface area (Å²) in [6.45, 7) is 6.16. The van der Waals surface area contributed by atoms with Gasteiger partial charge >= 0.3 is 0 Å². The Morgan fingerprint density at radius 2 is 2.00 bits per heavy atom. The molecular formula is C12H19IN2O. The Morgan fingerprint density at radius 3 is 2.56 bits per heavy atom. The highest BCUT2D eigenvalue weighted by Crippen LogP contribution is 2.26. The monoisotopic (exact) mass is 334 g/mol. The Balaban J connectivity index is 2.31. The number of nitrogens with zero attached hydrogens (tertiary/aromatic N) is 2. The zero-order valence-electron chi connectivity index (χ0n) is 10.0. The van der Waals surface area contributed by atoms with Crippen LogP contribution in [0.2, 0.25) is 0 Å². The molecule has 0 radical (unpaired) electrons. The lowest BCUT2D eigenvalue weighted by molar-refractivity contribution is 0.0653. The summed E-state index contributed by atoms with van der Waals surface area (Å²) in [6, 6.07) is 0.553. The summed E-state index contributed by atoms with van der Waals surface area (Å²) in [4.78, 5) is 0. The molecule has 0 N–H and O–H groups in total. The van der Waals surface area contributed by atoms with Crippen LogP contribution in [-0.4, -0.2) is 23.0 Å². The van der Waals surface area contributed by atoms with E-state index in [1.807, 2.05) is 0 Å². The molecule has 1 fully saturated rings. The first-order chi connectivity index (χ1) is 7.77. The summed E-state index contributed by atoms with van der Waals surface area (Å²) in [6.07, 6.45) is 4.31. The van der Waals surface area contributed by atoms with Crippen molar-refractivity contribution in [3.8, 4) is 0 Å². The van der Waals surface area contributed by atoms with Crippen LogP contribution < -0.4 is 0 Å². The van der Waals surface area contributed by atoms with Gasteiger partial charge in [0, 0.05) is 13.2 Å². The molecule has 1 aliphatic heterocycles. The molecular weight excluding hydrogens is 315 g/mol. The molecule has 1 saturated heterocycles. The lowest BCUT2D eigenvalue weighted by Crippen LogP contribution is -2.22. The van der Waals surface area contributed by atoms with Gasteiger partial charge in [-0.1, -0.05) is 13.8 Å². The summed E-state index contributed by atoms with van der Waals surface area (Å²) >= 11 is 2.44. The fourth-order valence-electron chi connectivity index (χ4n) is 2.28. The van der Waals surface area contributed by atoms with E-state index < -0.39 is 0 Å². The fourth-order valence-corrected chi connectivity index (χ4v) is 3.39. The summed E-state index contributed by atoms with van der Waals surface area (Å²) < 4.78 is 9.05. The van der Waals surface area contributed by atoms with Crippen LogP contribution in [0.4, 0.5) is 0 Å². The maximum absolute atomic E-state index is 5.42. The normalized spacial score (nSPS) is 17.9. The van der Waals surface area contributed by atoms with Crippen LogP contribution >= 0.6 is 22.6 Å². The lowest BCUT2D eigenvalue weighted by atomic mass is 10.1. The zero-order chi connectivity index (χ0) is 11.5. The van der Waals surface area contributed by atoms with Crippen molar-refractivity contribution in [2.75, 3.05) is 13.2 Å². The number of aryl methyl sites for hydroxylation is 1. The van der Waals surface area contributed by atoms with E-state index in [1.54, 1.807) is 0 Å². The van der Waals surface area contributed by atoms with Gasteiger partial charge in [0.25, 0.3) is 0 Å². The molecule has 3 nitrogen and oxygen atoms in total. The third-order valence-electron chi connectivity index (χ3n) is 3.22. The molecule has 0 aliphatic carbocycles. The lowest BCUT2D eigenvalue weighted by Gasteiger charge is -2.24. The largest absolute Gasteiger partial charge is 0.381 e. The Hall–Kier alpha value is -0.100. The summed E-state index contributed by atoms with van der Waals surface area (Å²) in [5.74, 6) is 0. The predicted molar refractivity (Wildman–Crippen MR) is 72.8 cm³/mol. The Morgan fingerprint density at radius 1 is 1.31 bits per heavy atom. The van der Waals surface area contributed by atoms with E-state index in [0.29, 0.717) is 6.04 Å². The van der Waals surface area contributed by atoms with Gasteiger partial charge in [-0.3, -0.25) is 4.68 Å². The number of halogens is 1. The number of hydrogen-bond acceptors (Lipinski definition) is 2. The van der Waals surface area contributed by atoms with Crippen molar-refractivity contribution in [1.29, 1.82) is 0 Å². The van der Waals surface area contributed by atoms with Gasteiger partial charge in [-0.2, -0.15) is 5.10 Å². The summed E-state index contributed by atoms with van der Waals surface area (Å²) in [5, 5.41) is 4.78. The van der Waals surface area contributed by atoms with Crippen LogP contribution in [0, 0.1) is 3.57 Å². The van der Waals surface area contributed by atoms with E-state index in [9.17, 15) is 0 Å². The molecule has 0 atom stereocenters. The van der Waals surface area contributed by atoms with Crippen LogP contribution in [0.5, 0.6) is 0 Å². The van der Waals surface area contributed by atoms with E-state index in [0.717, 1.165) is 38.9 Å². The van der Waals surface area contributed by atoms with Gasteiger partial charge in [0.1, 0.15) is 0 Å². The number of aromatic nitrogens is 2. The molecule has 0 spiro atoms. The average molecular weight is 334 g/mol. The van der Waals surface area contributed by atoms with Gasteiger partial charge in [0.2, 0.25) is 0 Å². The maximum Gasteiger partial charge on any atom is 0.0758 e. The second-order valence-corrected chi connectivity index (χ2v) is 5.28. The summed E-state index contributed by atoms with van der Waals surface area (Å²) in [7, 11) is 0. The first-order valence-electron chi connectivity index (χ1n) is 6.11. The second-order valence-electron chi connectivity index (χ2n) is 4.20. The van der Waals surface area contributed by atoms with Crippen molar-refractivity contribution in [1.82, 2.24) is 9.78 Å². The van der Waals surface area contributed by atoms with Gasteiger partial charge in [-0.05, 0) is 48.3 Å². The Bertz CT molecular complexity index is 356. The minimum absolute atomic E-state index is 0.553. The molecule has 2 rings (SSSR count). The molecule has 0 bridgehead atoms. The van der Waals surface area contributed by atoms with Gasteiger partial charge in [0.15, 0.2) is 0 Å². The van der Waals surface area contributed by atoms with Crippen LogP contribution in [0.1, 0.15) is 44.1 Å². The van der Waals surface area contributed by atoms with E-state index in [-0.39, 0.29) is 0 Å². The summed E-state index contributed by atoms with van der Waals surface area (Å²) in [5.41, 5.74) is 2.66. The molecule has 90 valence electrons. The minimum atomic E-state index is 0.553. The molecule has 1 aromatic heterocycles. The quantitative estimate of drug-likeness (QED) is 0.795. The van der Waals surface area contributed by atoms with E-state index in [4.69, 9.17) is 9.84 Å². The third kappa shape index (κ3) is 2.27. The third-order valence-corrected chi connectivity index (χ3v) is 4.46. The van der Waals surface area contributed by atoms with Gasteiger partial charge in [-0.25, -0.2) is 0 Å². The Labute approximate surface area is 111 Å². The highest BCUT2D eigenvalue weighted by Gasteiger charge is 2.21. The first kappa shape index (κ1) is 12.4. The van der Waals surface area contributed by atoms with Crippen LogP contribution in [0.15, 0.2) is 0 Å². The van der Waals surface area contributed by atoms with Crippen molar-refractivity contribution in [2.24, 2.45) is 0 Å². The van der Waals surface area contributed by atoms with Gasteiger partial charge in [0.05, 0.1) is 21.0 Å². The van der Waals surface area contributed by atoms with Gasteiger partial charge < -0.3 is 4.74 Å².